The first-order valence-corrected chi connectivity index (χ1v) is 10.8. The molecule has 1 amide bonds. The van der Waals surface area contributed by atoms with Gasteiger partial charge in [0.15, 0.2) is 5.96 Å². The van der Waals surface area contributed by atoms with Crippen molar-refractivity contribution in [1.82, 2.24) is 14.1 Å². The van der Waals surface area contributed by atoms with Crippen molar-refractivity contribution in [2.75, 3.05) is 45.5 Å². The van der Waals surface area contributed by atoms with Crippen molar-refractivity contribution in [3.63, 3.8) is 0 Å². The van der Waals surface area contributed by atoms with Gasteiger partial charge in [-0.1, -0.05) is 0 Å². The predicted molar refractivity (Wildman–Crippen MR) is 100 cm³/mol. The summed E-state index contributed by atoms with van der Waals surface area (Å²) in [7, 11) is -3.20. The average Bonchev–Trinajstić information content (AvgIpc) is 3.00. The SMILES string of the molecule is CC(C)(C)OC(=O)N1CCN(C(N)=NC[C@H]2CCCN2S(C)(=O)=O)CC1. The minimum absolute atomic E-state index is 0.119. The van der Waals surface area contributed by atoms with Crippen LogP contribution in [0.4, 0.5) is 4.79 Å². The molecule has 0 unspecified atom stereocenters. The van der Waals surface area contributed by atoms with E-state index in [1.54, 1.807) is 4.90 Å². The minimum Gasteiger partial charge on any atom is -0.444 e. The highest BCUT2D eigenvalue weighted by Gasteiger charge is 2.31. The topological polar surface area (TPSA) is 109 Å². The zero-order valence-electron chi connectivity index (χ0n) is 16.1. The van der Waals surface area contributed by atoms with Gasteiger partial charge in [0.05, 0.1) is 12.8 Å². The number of aliphatic imine (C=N–C) groups is 1. The molecule has 0 aromatic carbocycles. The van der Waals surface area contributed by atoms with Gasteiger partial charge in [-0.2, -0.15) is 4.31 Å². The number of hydrogen-bond acceptors (Lipinski definition) is 5. The van der Waals surface area contributed by atoms with Crippen molar-refractivity contribution >= 4 is 22.1 Å². The monoisotopic (exact) mass is 389 g/mol. The summed E-state index contributed by atoms with van der Waals surface area (Å²) in [6.07, 6.45) is 2.56. The zero-order chi connectivity index (χ0) is 19.5. The maximum Gasteiger partial charge on any atom is 0.410 e. The smallest absolute Gasteiger partial charge is 0.410 e. The molecular formula is C16H31N5O4S. The van der Waals surface area contributed by atoms with Gasteiger partial charge in [-0.25, -0.2) is 13.2 Å². The fourth-order valence-corrected chi connectivity index (χ4v) is 4.35. The lowest BCUT2D eigenvalue weighted by Gasteiger charge is -2.36. The standard InChI is InChI=1S/C16H31N5O4S/c1-16(2,3)25-15(22)20-10-8-19(9-11-20)14(17)18-12-13-6-5-7-21(13)26(4,23)24/h13H,5-12H2,1-4H3,(H2,17,18)/t13-/m1/s1. The third kappa shape index (κ3) is 5.73. The molecule has 26 heavy (non-hydrogen) atoms. The Balaban J connectivity index is 1.85. The molecule has 0 aliphatic carbocycles. The number of hydrogen-bond donors (Lipinski definition) is 1. The lowest BCUT2D eigenvalue weighted by atomic mass is 10.2. The molecule has 0 bridgehead atoms. The van der Waals surface area contributed by atoms with E-state index in [9.17, 15) is 13.2 Å². The van der Waals surface area contributed by atoms with Gasteiger partial charge < -0.3 is 20.3 Å². The Morgan fingerprint density at radius 1 is 1.15 bits per heavy atom. The van der Waals surface area contributed by atoms with Gasteiger partial charge in [0, 0.05) is 38.8 Å². The highest BCUT2D eigenvalue weighted by Crippen LogP contribution is 2.20. The number of guanidine groups is 1. The van der Waals surface area contributed by atoms with E-state index in [1.165, 1.54) is 10.6 Å². The highest BCUT2D eigenvalue weighted by atomic mass is 32.2. The van der Waals surface area contributed by atoms with E-state index in [4.69, 9.17) is 10.5 Å². The van der Waals surface area contributed by atoms with Crippen molar-refractivity contribution in [3.05, 3.63) is 0 Å². The fraction of sp³-hybridized carbons (Fsp3) is 0.875. The Morgan fingerprint density at radius 2 is 1.73 bits per heavy atom. The molecule has 0 spiro atoms. The van der Waals surface area contributed by atoms with Crippen molar-refractivity contribution in [2.45, 2.75) is 45.3 Å². The number of rotatable bonds is 3. The van der Waals surface area contributed by atoms with Crippen LogP contribution in [0, 0.1) is 0 Å². The van der Waals surface area contributed by atoms with E-state index < -0.39 is 15.6 Å². The van der Waals surface area contributed by atoms with Crippen molar-refractivity contribution in [1.29, 1.82) is 0 Å². The van der Waals surface area contributed by atoms with Crippen LogP contribution in [0.15, 0.2) is 4.99 Å². The molecule has 2 aliphatic heterocycles. The number of nitrogens with two attached hydrogens (primary N) is 1. The largest absolute Gasteiger partial charge is 0.444 e. The molecule has 2 rings (SSSR count). The molecule has 10 heteroatoms. The van der Waals surface area contributed by atoms with Crippen LogP contribution in [0.2, 0.25) is 0 Å². The summed E-state index contributed by atoms with van der Waals surface area (Å²) in [5.74, 6) is 0.397. The second-order valence-corrected chi connectivity index (χ2v) is 9.76. The predicted octanol–water partition coefficient (Wildman–Crippen LogP) is 0.278. The maximum atomic E-state index is 12.1. The first-order chi connectivity index (χ1) is 12.0. The third-order valence-electron chi connectivity index (χ3n) is 4.47. The number of amides is 1. The van der Waals surface area contributed by atoms with Gasteiger partial charge in [-0.3, -0.25) is 4.99 Å². The number of carbonyl (C=O) groups is 1. The Bertz CT molecular complexity index is 636. The lowest BCUT2D eigenvalue weighted by molar-refractivity contribution is 0.0186. The summed E-state index contributed by atoms with van der Waals surface area (Å²) < 4.78 is 30.4. The molecule has 0 radical (unpaired) electrons. The third-order valence-corrected chi connectivity index (χ3v) is 5.80. The number of piperazine rings is 1. The van der Waals surface area contributed by atoms with Gasteiger partial charge in [0.1, 0.15) is 5.60 Å². The first kappa shape index (κ1) is 20.8. The molecule has 2 fully saturated rings. The van der Waals surface area contributed by atoms with Crippen LogP contribution >= 0.6 is 0 Å². The zero-order valence-corrected chi connectivity index (χ0v) is 17.0. The Labute approximate surface area is 156 Å². The van der Waals surface area contributed by atoms with E-state index >= 15 is 0 Å². The Hall–Kier alpha value is -1.55. The molecule has 0 aromatic rings. The van der Waals surface area contributed by atoms with Gasteiger partial charge in [-0.05, 0) is 33.6 Å². The molecule has 9 nitrogen and oxygen atoms in total. The van der Waals surface area contributed by atoms with Crippen LogP contribution in [0.25, 0.3) is 0 Å². The first-order valence-electron chi connectivity index (χ1n) is 8.97. The summed E-state index contributed by atoms with van der Waals surface area (Å²) in [6, 6.07) is -0.119. The second kappa shape index (κ2) is 7.99. The van der Waals surface area contributed by atoms with Crippen molar-refractivity contribution < 1.29 is 17.9 Å². The fourth-order valence-electron chi connectivity index (χ4n) is 3.17. The molecule has 150 valence electrons. The van der Waals surface area contributed by atoms with Crippen LogP contribution in [-0.4, -0.2) is 91.7 Å². The van der Waals surface area contributed by atoms with E-state index in [-0.39, 0.29) is 12.1 Å². The van der Waals surface area contributed by atoms with Gasteiger partial charge >= 0.3 is 6.09 Å². The van der Waals surface area contributed by atoms with E-state index in [0.717, 1.165) is 12.8 Å². The van der Waals surface area contributed by atoms with Crippen LogP contribution in [0.3, 0.4) is 0 Å². The second-order valence-electron chi connectivity index (χ2n) is 7.82. The molecule has 2 aliphatic rings. The molecule has 0 saturated carbocycles. The van der Waals surface area contributed by atoms with Gasteiger partial charge in [0.2, 0.25) is 10.0 Å². The van der Waals surface area contributed by atoms with Crippen LogP contribution < -0.4 is 5.73 Å². The van der Waals surface area contributed by atoms with Gasteiger partial charge in [-0.15, -0.1) is 0 Å². The summed E-state index contributed by atoms with van der Waals surface area (Å²) in [6.45, 7) is 8.63. The number of sulfonamides is 1. The van der Waals surface area contributed by atoms with Crippen LogP contribution in [0.1, 0.15) is 33.6 Å². The van der Waals surface area contributed by atoms with Crippen molar-refractivity contribution in [2.24, 2.45) is 10.7 Å². The minimum atomic E-state index is -3.20. The number of carbonyl (C=O) groups excluding carboxylic acids is 1. The van der Waals surface area contributed by atoms with Crippen LogP contribution in [-0.2, 0) is 14.8 Å². The molecule has 0 aromatic heterocycles. The summed E-state index contributed by atoms with van der Waals surface area (Å²) in [5, 5.41) is 0. The van der Waals surface area contributed by atoms with E-state index in [0.29, 0.717) is 45.2 Å². The quantitative estimate of drug-likeness (QED) is 0.548. The molecule has 2 saturated heterocycles. The summed E-state index contributed by atoms with van der Waals surface area (Å²) in [4.78, 5) is 20.1. The van der Waals surface area contributed by atoms with Gasteiger partial charge in [0.25, 0.3) is 0 Å². The highest BCUT2D eigenvalue weighted by molar-refractivity contribution is 7.88. The Morgan fingerprint density at radius 3 is 2.27 bits per heavy atom. The maximum absolute atomic E-state index is 12.1. The normalized spacial score (nSPS) is 23.4. The summed E-state index contributed by atoms with van der Waals surface area (Å²) in [5.41, 5.74) is 5.57. The number of nitrogens with zero attached hydrogens (tertiary/aromatic N) is 4. The molecular weight excluding hydrogens is 358 g/mol. The lowest BCUT2D eigenvalue weighted by Crippen LogP contribution is -2.53. The summed E-state index contributed by atoms with van der Waals surface area (Å²) >= 11 is 0. The van der Waals surface area contributed by atoms with E-state index in [2.05, 4.69) is 4.99 Å². The molecule has 1 atom stereocenters. The van der Waals surface area contributed by atoms with Crippen molar-refractivity contribution in [3.8, 4) is 0 Å². The van der Waals surface area contributed by atoms with E-state index in [1.807, 2.05) is 25.7 Å². The number of ether oxygens (including phenoxy) is 1. The Kier molecular flexibility index (Phi) is 6.38. The molecule has 2 N–H and O–H groups in total. The average molecular weight is 390 g/mol. The molecule has 2 heterocycles. The van der Waals surface area contributed by atoms with Crippen LogP contribution in [0.5, 0.6) is 0 Å².